The Morgan fingerprint density at radius 3 is 2.79 bits per heavy atom. The van der Waals surface area contributed by atoms with Gasteiger partial charge >= 0.3 is 0 Å². The molecule has 4 nitrogen and oxygen atoms in total. The van der Waals surface area contributed by atoms with Crippen LogP contribution >= 0.6 is 12.2 Å². The summed E-state index contributed by atoms with van der Waals surface area (Å²) in [7, 11) is 0. The fourth-order valence-electron chi connectivity index (χ4n) is 2.23. The molecule has 0 radical (unpaired) electrons. The van der Waals surface area contributed by atoms with Crippen LogP contribution in [0.1, 0.15) is 44.7 Å². The number of aromatic nitrogens is 1. The van der Waals surface area contributed by atoms with E-state index in [2.05, 4.69) is 20.8 Å². The molecule has 19 heavy (non-hydrogen) atoms. The van der Waals surface area contributed by atoms with Gasteiger partial charge in [0.15, 0.2) is 5.11 Å². The molecule has 5 heteroatoms. The first-order valence-corrected chi connectivity index (χ1v) is 7.19. The molecule has 0 aromatic carbocycles. The molecule has 1 aliphatic carbocycles. The zero-order valence-electron chi connectivity index (χ0n) is 11.2. The van der Waals surface area contributed by atoms with E-state index in [1.54, 1.807) is 6.20 Å². The lowest BCUT2D eigenvalue weighted by atomic mass is 9.96. The summed E-state index contributed by atoms with van der Waals surface area (Å²) in [4.78, 5) is 4.24. The minimum atomic E-state index is 0.499. The predicted octanol–water partition coefficient (Wildman–Crippen LogP) is 2.60. The molecule has 0 bridgehead atoms. The first-order chi connectivity index (χ1) is 9.25. The summed E-state index contributed by atoms with van der Waals surface area (Å²) >= 11 is 5.25. The van der Waals surface area contributed by atoms with Crippen LogP contribution in [-0.4, -0.2) is 21.8 Å². The second-order valence-corrected chi connectivity index (χ2v) is 5.24. The van der Waals surface area contributed by atoms with Gasteiger partial charge in [0.25, 0.3) is 0 Å². The molecule has 1 aromatic rings. The Morgan fingerprint density at radius 1 is 1.32 bits per heavy atom. The number of nitrogens with one attached hydrogen (secondary N) is 2. The van der Waals surface area contributed by atoms with Crippen LogP contribution in [0.15, 0.2) is 29.5 Å². The van der Waals surface area contributed by atoms with Crippen LogP contribution in [0.5, 0.6) is 0 Å². The zero-order chi connectivity index (χ0) is 13.5. The van der Waals surface area contributed by atoms with Crippen molar-refractivity contribution in [1.29, 1.82) is 0 Å². The molecular weight excluding hydrogens is 256 g/mol. The number of hydrazone groups is 1. The van der Waals surface area contributed by atoms with E-state index in [1.807, 2.05) is 25.1 Å². The van der Waals surface area contributed by atoms with Crippen LogP contribution in [0.3, 0.4) is 0 Å². The van der Waals surface area contributed by atoms with Crippen LogP contribution in [0, 0.1) is 0 Å². The van der Waals surface area contributed by atoms with E-state index in [0.717, 1.165) is 11.4 Å². The first-order valence-electron chi connectivity index (χ1n) is 6.78. The van der Waals surface area contributed by atoms with Crippen molar-refractivity contribution in [2.45, 2.75) is 45.1 Å². The second kappa shape index (κ2) is 7.19. The van der Waals surface area contributed by atoms with E-state index in [4.69, 9.17) is 12.2 Å². The molecule has 0 aliphatic heterocycles. The molecule has 1 aromatic heterocycles. The Labute approximate surface area is 119 Å². The molecule has 102 valence electrons. The lowest BCUT2D eigenvalue weighted by molar-refractivity contribution is 0.412. The van der Waals surface area contributed by atoms with E-state index in [0.29, 0.717) is 11.2 Å². The quantitative estimate of drug-likeness (QED) is 0.506. The molecule has 2 N–H and O–H groups in total. The number of nitrogens with zero attached hydrogens (tertiary/aromatic N) is 2. The van der Waals surface area contributed by atoms with Gasteiger partial charge in [0.2, 0.25) is 0 Å². The molecule has 0 atom stereocenters. The maximum absolute atomic E-state index is 5.25. The van der Waals surface area contributed by atoms with Gasteiger partial charge in [-0.1, -0.05) is 25.3 Å². The molecule has 0 amide bonds. The fraction of sp³-hybridized carbons (Fsp3) is 0.500. The van der Waals surface area contributed by atoms with E-state index < -0.39 is 0 Å². The van der Waals surface area contributed by atoms with Gasteiger partial charge in [0.05, 0.1) is 11.4 Å². The summed E-state index contributed by atoms with van der Waals surface area (Å²) in [6.45, 7) is 1.92. The van der Waals surface area contributed by atoms with E-state index in [9.17, 15) is 0 Å². The zero-order valence-corrected chi connectivity index (χ0v) is 12.0. The Bertz CT molecular complexity index is 438. The van der Waals surface area contributed by atoms with E-state index in [1.165, 1.54) is 32.1 Å². The Balaban J connectivity index is 1.82. The third kappa shape index (κ3) is 4.59. The smallest absolute Gasteiger partial charge is 0.187 e. The summed E-state index contributed by atoms with van der Waals surface area (Å²) < 4.78 is 0. The number of hydrogen-bond donors (Lipinski definition) is 2. The average molecular weight is 276 g/mol. The average Bonchev–Trinajstić information content (AvgIpc) is 2.47. The van der Waals surface area contributed by atoms with Crippen LogP contribution in [0.4, 0.5) is 0 Å². The van der Waals surface area contributed by atoms with Gasteiger partial charge in [0.1, 0.15) is 0 Å². The highest BCUT2D eigenvalue weighted by Crippen LogP contribution is 2.17. The lowest BCUT2D eigenvalue weighted by Crippen LogP contribution is -2.41. The summed E-state index contributed by atoms with van der Waals surface area (Å²) in [5.41, 5.74) is 4.58. The van der Waals surface area contributed by atoms with Crippen molar-refractivity contribution in [3.8, 4) is 0 Å². The SMILES string of the molecule is C/C(=N\NC(=S)NC1CCCCC1)c1ccccn1. The Morgan fingerprint density at radius 2 is 2.11 bits per heavy atom. The highest BCUT2D eigenvalue weighted by Gasteiger charge is 2.13. The standard InChI is InChI=1S/C14H20N4S/c1-11(13-9-5-6-10-15-13)17-18-14(19)16-12-7-3-2-4-8-12/h5-6,9-10,12H,2-4,7-8H2,1H3,(H2,16,18,19)/b17-11+. The third-order valence-electron chi connectivity index (χ3n) is 3.30. The summed E-state index contributed by atoms with van der Waals surface area (Å²) in [6, 6.07) is 6.26. The molecular formula is C14H20N4S. The van der Waals surface area contributed by atoms with E-state index in [-0.39, 0.29) is 0 Å². The van der Waals surface area contributed by atoms with Gasteiger partial charge in [-0.3, -0.25) is 10.4 Å². The van der Waals surface area contributed by atoms with Gasteiger partial charge in [-0.25, -0.2) is 0 Å². The molecule has 1 saturated carbocycles. The van der Waals surface area contributed by atoms with Gasteiger partial charge in [-0.2, -0.15) is 5.10 Å². The van der Waals surface area contributed by atoms with Crippen molar-refractivity contribution < 1.29 is 0 Å². The topological polar surface area (TPSA) is 49.3 Å². The molecule has 1 heterocycles. The molecule has 1 fully saturated rings. The van der Waals surface area contributed by atoms with Crippen molar-refractivity contribution in [3.63, 3.8) is 0 Å². The highest BCUT2D eigenvalue weighted by atomic mass is 32.1. The summed E-state index contributed by atoms with van der Waals surface area (Å²) in [6.07, 6.45) is 8.07. The van der Waals surface area contributed by atoms with Crippen LogP contribution in [0.2, 0.25) is 0 Å². The maximum Gasteiger partial charge on any atom is 0.187 e. The minimum Gasteiger partial charge on any atom is -0.359 e. The Hall–Kier alpha value is -1.49. The van der Waals surface area contributed by atoms with Crippen molar-refractivity contribution in [3.05, 3.63) is 30.1 Å². The first kappa shape index (κ1) is 13.9. The van der Waals surface area contributed by atoms with Crippen molar-refractivity contribution in [1.82, 2.24) is 15.7 Å². The van der Waals surface area contributed by atoms with Crippen molar-refractivity contribution in [2.75, 3.05) is 0 Å². The molecule has 0 spiro atoms. The Kier molecular flexibility index (Phi) is 5.27. The van der Waals surface area contributed by atoms with E-state index >= 15 is 0 Å². The largest absolute Gasteiger partial charge is 0.359 e. The molecule has 0 saturated heterocycles. The minimum absolute atomic E-state index is 0.499. The fourth-order valence-corrected chi connectivity index (χ4v) is 2.45. The molecule has 2 rings (SSSR count). The van der Waals surface area contributed by atoms with Crippen LogP contribution in [-0.2, 0) is 0 Å². The summed E-state index contributed by atoms with van der Waals surface area (Å²) in [5.74, 6) is 0. The maximum atomic E-state index is 5.25. The van der Waals surface area contributed by atoms with Gasteiger partial charge < -0.3 is 5.32 Å². The van der Waals surface area contributed by atoms with Crippen LogP contribution in [0.25, 0.3) is 0 Å². The lowest BCUT2D eigenvalue weighted by Gasteiger charge is -2.23. The highest BCUT2D eigenvalue weighted by molar-refractivity contribution is 7.80. The summed E-state index contributed by atoms with van der Waals surface area (Å²) in [5, 5.41) is 8.18. The van der Waals surface area contributed by atoms with Crippen molar-refractivity contribution >= 4 is 23.0 Å². The van der Waals surface area contributed by atoms with Gasteiger partial charge in [-0.15, -0.1) is 0 Å². The third-order valence-corrected chi connectivity index (χ3v) is 3.51. The number of pyridine rings is 1. The number of thiocarbonyl (C=S) groups is 1. The normalized spacial score (nSPS) is 17.0. The number of rotatable bonds is 3. The number of hydrogen-bond acceptors (Lipinski definition) is 3. The van der Waals surface area contributed by atoms with Gasteiger partial charge in [-0.05, 0) is 44.1 Å². The second-order valence-electron chi connectivity index (χ2n) is 4.83. The molecule has 0 unspecified atom stereocenters. The monoisotopic (exact) mass is 276 g/mol. The predicted molar refractivity (Wildman–Crippen MR) is 82.2 cm³/mol. The van der Waals surface area contributed by atoms with Gasteiger partial charge in [0, 0.05) is 12.2 Å². The van der Waals surface area contributed by atoms with Crippen LogP contribution < -0.4 is 10.7 Å². The van der Waals surface area contributed by atoms with Crippen molar-refractivity contribution in [2.24, 2.45) is 5.10 Å². The molecule has 1 aliphatic rings.